The summed E-state index contributed by atoms with van der Waals surface area (Å²) in [6.45, 7) is 7.58. The normalized spacial score (nSPS) is 17.2. The third kappa shape index (κ3) is 8.68. The molecule has 0 aromatic heterocycles. The molecule has 2 atom stereocenters. The number of carbonyl (C=O) groups excluding carboxylic acids is 2. The minimum atomic E-state index is -0.884. The van der Waals surface area contributed by atoms with Gasteiger partial charge in [0.15, 0.2) is 12.0 Å². The molecule has 0 radical (unpaired) electrons. The molecular formula is C31H42N4O6. The Morgan fingerprint density at radius 2 is 1.85 bits per heavy atom. The molecule has 222 valence electrons. The highest BCUT2D eigenvalue weighted by Gasteiger charge is 2.33. The maximum absolute atomic E-state index is 13.1. The third-order valence-electron chi connectivity index (χ3n) is 7.28. The summed E-state index contributed by atoms with van der Waals surface area (Å²) in [6, 6.07) is 14.5. The minimum absolute atomic E-state index is 0.0290. The summed E-state index contributed by atoms with van der Waals surface area (Å²) in [6.07, 6.45) is 2.48. The van der Waals surface area contributed by atoms with Gasteiger partial charge in [-0.05, 0) is 76.3 Å². The zero-order valence-electron chi connectivity index (χ0n) is 24.4. The molecule has 2 heterocycles. The number of carbonyl (C=O) groups is 2. The Bertz CT molecular complexity index is 1210. The molecule has 2 aliphatic rings. The fourth-order valence-corrected chi connectivity index (χ4v) is 5.16. The number of esters is 1. The van der Waals surface area contributed by atoms with Crippen LogP contribution < -0.4 is 15.8 Å². The summed E-state index contributed by atoms with van der Waals surface area (Å²) >= 11 is 0. The van der Waals surface area contributed by atoms with Crippen LogP contribution in [-0.2, 0) is 30.3 Å². The van der Waals surface area contributed by atoms with Gasteiger partial charge in [-0.3, -0.25) is 4.79 Å². The van der Waals surface area contributed by atoms with Crippen molar-refractivity contribution in [3.63, 3.8) is 0 Å². The standard InChI is InChI=1S/C31H42N4O6/c1-31(2,3)40-20-26(29(37)38-4)33-28(36)13-12-27(21-14-16-39-17-15-21)35-19-22-18-24(10-11-25(22)34-30(35)32)41-23-8-6-5-7-9-23/h5-11,18,21,26-27H,12-17,19-20H2,1-4H3,(H2,32,34)(H,33,36)/t26-,27+/m1/s1. The van der Waals surface area contributed by atoms with Crippen LogP contribution in [0.2, 0.25) is 0 Å². The summed E-state index contributed by atoms with van der Waals surface area (Å²) in [4.78, 5) is 32.2. The fourth-order valence-electron chi connectivity index (χ4n) is 5.16. The molecule has 2 aromatic rings. The number of aliphatic imine (C=N–C) groups is 1. The number of ether oxygens (including phenoxy) is 4. The molecule has 0 bridgehead atoms. The number of methoxy groups -OCH3 is 1. The van der Waals surface area contributed by atoms with Crippen molar-refractivity contribution in [2.75, 3.05) is 26.9 Å². The lowest BCUT2D eigenvalue weighted by atomic mass is 9.87. The van der Waals surface area contributed by atoms with Gasteiger partial charge in [0.1, 0.15) is 11.5 Å². The molecule has 0 unspecified atom stereocenters. The van der Waals surface area contributed by atoms with Gasteiger partial charge in [-0.25, -0.2) is 9.79 Å². The van der Waals surface area contributed by atoms with Crippen molar-refractivity contribution in [3.05, 3.63) is 54.1 Å². The summed E-state index contributed by atoms with van der Waals surface area (Å²) in [5, 5.41) is 2.80. The predicted octanol–water partition coefficient (Wildman–Crippen LogP) is 4.29. The number of benzene rings is 2. The highest BCUT2D eigenvalue weighted by molar-refractivity contribution is 5.85. The van der Waals surface area contributed by atoms with Crippen LogP contribution >= 0.6 is 0 Å². The highest BCUT2D eigenvalue weighted by Crippen LogP contribution is 2.35. The van der Waals surface area contributed by atoms with Gasteiger partial charge in [-0.2, -0.15) is 0 Å². The summed E-state index contributed by atoms with van der Waals surface area (Å²) in [7, 11) is 1.30. The van der Waals surface area contributed by atoms with Crippen LogP contribution in [0.4, 0.5) is 5.69 Å². The Kier molecular flexibility index (Phi) is 10.2. The second-order valence-electron chi connectivity index (χ2n) is 11.4. The van der Waals surface area contributed by atoms with E-state index in [9.17, 15) is 9.59 Å². The first kappa shape index (κ1) is 30.3. The van der Waals surface area contributed by atoms with Crippen LogP contribution in [0, 0.1) is 5.92 Å². The molecule has 1 amide bonds. The van der Waals surface area contributed by atoms with E-state index in [2.05, 4.69) is 10.2 Å². The molecule has 10 heteroatoms. The predicted molar refractivity (Wildman–Crippen MR) is 156 cm³/mol. The van der Waals surface area contributed by atoms with E-state index in [-0.39, 0.29) is 30.9 Å². The molecule has 1 saturated heterocycles. The number of nitrogens with two attached hydrogens (primary N) is 1. The molecule has 0 saturated carbocycles. The number of rotatable bonds is 11. The lowest BCUT2D eigenvalue weighted by Crippen LogP contribution is -2.50. The Labute approximate surface area is 242 Å². The van der Waals surface area contributed by atoms with Gasteiger partial charge in [0.25, 0.3) is 0 Å². The summed E-state index contributed by atoms with van der Waals surface area (Å²) in [5.74, 6) is 1.39. The second kappa shape index (κ2) is 13.8. The molecule has 41 heavy (non-hydrogen) atoms. The topological polar surface area (TPSA) is 125 Å². The number of nitrogens with one attached hydrogen (secondary N) is 1. The van der Waals surface area contributed by atoms with E-state index in [1.165, 1.54) is 7.11 Å². The largest absolute Gasteiger partial charge is 0.467 e. The Hall–Kier alpha value is -3.63. The number of nitrogens with zero attached hydrogens (tertiary/aromatic N) is 2. The van der Waals surface area contributed by atoms with Gasteiger partial charge < -0.3 is 34.9 Å². The quantitative estimate of drug-likeness (QED) is 0.386. The number of guanidine groups is 1. The van der Waals surface area contributed by atoms with Crippen molar-refractivity contribution >= 4 is 23.5 Å². The molecule has 2 aliphatic heterocycles. The number of hydrogen-bond donors (Lipinski definition) is 2. The Balaban J connectivity index is 1.47. The molecule has 3 N–H and O–H groups in total. The molecule has 10 nitrogen and oxygen atoms in total. The van der Waals surface area contributed by atoms with Gasteiger partial charge in [0.2, 0.25) is 5.91 Å². The third-order valence-corrected chi connectivity index (χ3v) is 7.28. The molecule has 2 aromatic carbocycles. The maximum atomic E-state index is 13.1. The number of para-hydroxylation sites is 1. The lowest BCUT2D eigenvalue weighted by molar-refractivity contribution is -0.148. The van der Waals surface area contributed by atoms with Crippen LogP contribution in [0.15, 0.2) is 53.5 Å². The number of amides is 1. The lowest BCUT2D eigenvalue weighted by Gasteiger charge is -2.41. The van der Waals surface area contributed by atoms with E-state index in [1.54, 1.807) is 0 Å². The van der Waals surface area contributed by atoms with Crippen LogP contribution in [0.3, 0.4) is 0 Å². The first-order valence-corrected chi connectivity index (χ1v) is 14.2. The number of fused-ring (bicyclic) bond motifs is 1. The van der Waals surface area contributed by atoms with Crippen molar-refractivity contribution in [3.8, 4) is 11.5 Å². The van der Waals surface area contributed by atoms with E-state index in [0.717, 1.165) is 35.6 Å². The van der Waals surface area contributed by atoms with Crippen molar-refractivity contribution in [1.82, 2.24) is 10.2 Å². The molecule has 4 rings (SSSR count). The van der Waals surface area contributed by atoms with E-state index in [0.29, 0.717) is 32.1 Å². The maximum Gasteiger partial charge on any atom is 0.330 e. The fraction of sp³-hybridized carbons (Fsp3) is 0.516. The van der Waals surface area contributed by atoms with E-state index < -0.39 is 17.6 Å². The molecular weight excluding hydrogens is 524 g/mol. The van der Waals surface area contributed by atoms with E-state index >= 15 is 0 Å². The van der Waals surface area contributed by atoms with Gasteiger partial charge in [0, 0.05) is 37.8 Å². The first-order valence-electron chi connectivity index (χ1n) is 14.2. The van der Waals surface area contributed by atoms with Gasteiger partial charge in [-0.15, -0.1) is 0 Å². The number of hydrogen-bond acceptors (Lipinski definition) is 9. The van der Waals surface area contributed by atoms with Crippen LogP contribution in [0.1, 0.15) is 52.0 Å². The van der Waals surface area contributed by atoms with Crippen molar-refractivity contribution < 1.29 is 28.5 Å². The van der Waals surface area contributed by atoms with Crippen LogP contribution in [0.25, 0.3) is 0 Å². The molecule has 0 spiro atoms. The van der Waals surface area contributed by atoms with Gasteiger partial charge >= 0.3 is 5.97 Å². The zero-order chi connectivity index (χ0) is 29.4. The Morgan fingerprint density at radius 3 is 2.54 bits per heavy atom. The van der Waals surface area contributed by atoms with Crippen molar-refractivity contribution in [2.24, 2.45) is 16.6 Å². The average molecular weight is 567 g/mol. The minimum Gasteiger partial charge on any atom is -0.467 e. The first-order chi connectivity index (χ1) is 19.6. The molecule has 1 fully saturated rings. The van der Waals surface area contributed by atoms with Crippen molar-refractivity contribution in [2.45, 2.75) is 70.7 Å². The average Bonchev–Trinajstić information content (AvgIpc) is 2.96. The smallest absolute Gasteiger partial charge is 0.330 e. The van der Waals surface area contributed by atoms with Crippen LogP contribution in [-0.4, -0.2) is 67.4 Å². The second-order valence-corrected chi connectivity index (χ2v) is 11.4. The molecule has 0 aliphatic carbocycles. The summed E-state index contributed by atoms with van der Waals surface area (Å²) < 4.78 is 22.3. The van der Waals surface area contributed by atoms with Gasteiger partial charge in [0.05, 0.1) is 25.0 Å². The van der Waals surface area contributed by atoms with E-state index in [4.69, 9.17) is 29.7 Å². The summed E-state index contributed by atoms with van der Waals surface area (Å²) in [5.41, 5.74) is 7.87. The highest BCUT2D eigenvalue weighted by atomic mass is 16.5. The van der Waals surface area contributed by atoms with E-state index in [1.807, 2.05) is 69.3 Å². The monoisotopic (exact) mass is 566 g/mol. The van der Waals surface area contributed by atoms with Crippen LogP contribution in [0.5, 0.6) is 11.5 Å². The SMILES string of the molecule is COC(=O)[C@@H](COC(C)(C)C)NC(=O)CC[C@@H](C1CCOCC1)N1Cc2cc(Oc3ccccc3)ccc2N=C1N. The zero-order valence-corrected chi connectivity index (χ0v) is 24.4. The van der Waals surface area contributed by atoms with Gasteiger partial charge in [-0.1, -0.05) is 18.2 Å². The van der Waals surface area contributed by atoms with Crippen molar-refractivity contribution in [1.29, 1.82) is 0 Å². The Morgan fingerprint density at radius 1 is 1.12 bits per heavy atom.